The predicted molar refractivity (Wildman–Crippen MR) is 130 cm³/mol. The number of nitrogens with zero attached hydrogens (tertiary/aromatic N) is 5. The zero-order valence-electron chi connectivity index (χ0n) is 20.8. The number of rotatable bonds is 7. The maximum atomic E-state index is 12.0. The van der Waals surface area contributed by atoms with Gasteiger partial charge in [0.25, 0.3) is 5.89 Å². The molecular formula is C26H31N5O3. The minimum absolute atomic E-state index is 0.204. The number of ether oxygens (including phenoxy) is 1. The smallest absolute Gasteiger partial charge is 0.306 e. The van der Waals surface area contributed by atoms with Crippen molar-refractivity contribution < 1.29 is 14.1 Å². The highest BCUT2D eigenvalue weighted by molar-refractivity contribution is 5.70. The van der Waals surface area contributed by atoms with E-state index in [2.05, 4.69) is 21.2 Å². The summed E-state index contributed by atoms with van der Waals surface area (Å²) in [7, 11) is 1.90. The van der Waals surface area contributed by atoms with Gasteiger partial charge in [-0.3, -0.25) is 4.79 Å². The molecule has 0 spiro atoms. The van der Waals surface area contributed by atoms with Gasteiger partial charge in [-0.1, -0.05) is 23.4 Å². The van der Waals surface area contributed by atoms with Crippen LogP contribution in [0.4, 0.5) is 5.82 Å². The van der Waals surface area contributed by atoms with Gasteiger partial charge in [-0.15, -0.1) is 0 Å². The van der Waals surface area contributed by atoms with Crippen molar-refractivity contribution in [3.63, 3.8) is 0 Å². The van der Waals surface area contributed by atoms with Gasteiger partial charge in [-0.2, -0.15) is 10.2 Å². The molecule has 0 aliphatic rings. The first-order valence-corrected chi connectivity index (χ1v) is 11.3. The van der Waals surface area contributed by atoms with Gasteiger partial charge in [0.05, 0.1) is 11.1 Å². The Morgan fingerprint density at radius 2 is 2.00 bits per heavy atom. The Bertz CT molecular complexity index is 1220. The first kappa shape index (κ1) is 24.9. The van der Waals surface area contributed by atoms with Crippen LogP contribution in [0, 0.1) is 18.3 Å². The van der Waals surface area contributed by atoms with E-state index in [1.165, 1.54) is 0 Å². The molecule has 3 rings (SSSR count). The number of aryl methyl sites for hydroxylation is 2. The number of nitriles is 1. The highest BCUT2D eigenvalue weighted by Gasteiger charge is 2.18. The molecule has 0 atom stereocenters. The molecule has 0 radical (unpaired) electrons. The number of carbonyl (C=O) groups is 1. The largest absolute Gasteiger partial charge is 0.460 e. The topological polar surface area (TPSA) is 105 Å². The van der Waals surface area contributed by atoms with Crippen molar-refractivity contribution in [3.05, 3.63) is 47.2 Å². The summed E-state index contributed by atoms with van der Waals surface area (Å²) < 4.78 is 10.9. The molecule has 0 unspecified atom stereocenters. The number of anilines is 1. The summed E-state index contributed by atoms with van der Waals surface area (Å²) >= 11 is 0. The molecule has 0 fully saturated rings. The SMILES string of the molecule is Cc1cc(CCC(=O)OC(C)(C)C)ccc1-c1noc(-c2cnc(N(C)C(C)C)c(C#N)c2)n1. The summed E-state index contributed by atoms with van der Waals surface area (Å²) in [4.78, 5) is 22.9. The van der Waals surface area contributed by atoms with Crippen LogP contribution in [0.25, 0.3) is 22.8 Å². The van der Waals surface area contributed by atoms with Crippen LogP contribution in [-0.4, -0.2) is 39.8 Å². The normalized spacial score (nSPS) is 11.4. The fourth-order valence-electron chi connectivity index (χ4n) is 3.40. The summed E-state index contributed by atoms with van der Waals surface area (Å²) in [6.07, 6.45) is 2.55. The lowest BCUT2D eigenvalue weighted by Crippen LogP contribution is -2.27. The van der Waals surface area contributed by atoms with Gasteiger partial charge in [0, 0.05) is 31.3 Å². The van der Waals surface area contributed by atoms with Gasteiger partial charge >= 0.3 is 5.97 Å². The number of benzene rings is 1. The Kier molecular flexibility index (Phi) is 7.35. The van der Waals surface area contributed by atoms with Crippen LogP contribution in [0.1, 0.15) is 57.7 Å². The van der Waals surface area contributed by atoms with E-state index in [0.717, 1.165) is 16.7 Å². The molecule has 0 aliphatic heterocycles. The first-order valence-electron chi connectivity index (χ1n) is 11.3. The second-order valence-electron chi connectivity index (χ2n) is 9.57. The lowest BCUT2D eigenvalue weighted by atomic mass is 10.0. The van der Waals surface area contributed by atoms with Crippen molar-refractivity contribution in [2.24, 2.45) is 0 Å². The Balaban J connectivity index is 1.77. The fourth-order valence-corrected chi connectivity index (χ4v) is 3.40. The third-order valence-electron chi connectivity index (χ3n) is 5.34. The maximum Gasteiger partial charge on any atom is 0.306 e. The Morgan fingerprint density at radius 3 is 2.62 bits per heavy atom. The first-order chi connectivity index (χ1) is 16.0. The van der Waals surface area contributed by atoms with Crippen LogP contribution in [0.3, 0.4) is 0 Å². The molecule has 0 bridgehead atoms. The second-order valence-corrected chi connectivity index (χ2v) is 9.57. The molecule has 8 heteroatoms. The third kappa shape index (κ3) is 5.98. The quantitative estimate of drug-likeness (QED) is 0.448. The summed E-state index contributed by atoms with van der Waals surface area (Å²) in [5.41, 5.74) is 3.38. The van der Waals surface area contributed by atoms with Gasteiger partial charge < -0.3 is 14.2 Å². The molecular weight excluding hydrogens is 430 g/mol. The molecule has 0 saturated carbocycles. The van der Waals surface area contributed by atoms with E-state index in [0.29, 0.717) is 41.5 Å². The van der Waals surface area contributed by atoms with Crippen LogP contribution in [0.5, 0.6) is 0 Å². The predicted octanol–water partition coefficient (Wildman–Crippen LogP) is 5.10. The number of hydrogen-bond donors (Lipinski definition) is 0. The Hall–Kier alpha value is -3.73. The van der Waals surface area contributed by atoms with Crippen LogP contribution in [0.2, 0.25) is 0 Å². The van der Waals surface area contributed by atoms with Crippen molar-refractivity contribution in [2.45, 2.75) is 66.0 Å². The average molecular weight is 462 g/mol. The molecule has 34 heavy (non-hydrogen) atoms. The highest BCUT2D eigenvalue weighted by Crippen LogP contribution is 2.28. The zero-order chi connectivity index (χ0) is 25.0. The molecule has 178 valence electrons. The van der Waals surface area contributed by atoms with E-state index in [4.69, 9.17) is 9.26 Å². The van der Waals surface area contributed by atoms with Crippen molar-refractivity contribution in [3.8, 4) is 28.9 Å². The van der Waals surface area contributed by atoms with Crippen molar-refractivity contribution in [1.29, 1.82) is 5.26 Å². The standard InChI is InChI=1S/C26H31N5O3/c1-16(2)31(7)24-19(14-27)13-20(15-28-24)25-29-23(30-34-25)21-10-8-18(12-17(21)3)9-11-22(32)33-26(4,5)6/h8,10,12-13,15-16H,9,11H2,1-7H3. The number of pyridine rings is 1. The lowest BCUT2D eigenvalue weighted by molar-refractivity contribution is -0.154. The van der Waals surface area contributed by atoms with Crippen LogP contribution in [-0.2, 0) is 16.0 Å². The summed E-state index contributed by atoms with van der Waals surface area (Å²) in [5.74, 6) is 1.14. The third-order valence-corrected chi connectivity index (χ3v) is 5.34. The van der Waals surface area contributed by atoms with E-state index < -0.39 is 5.60 Å². The zero-order valence-corrected chi connectivity index (χ0v) is 20.8. The molecule has 8 nitrogen and oxygen atoms in total. The van der Waals surface area contributed by atoms with Gasteiger partial charge in [0.15, 0.2) is 0 Å². The van der Waals surface area contributed by atoms with Crippen molar-refractivity contribution in [1.82, 2.24) is 15.1 Å². The van der Waals surface area contributed by atoms with E-state index in [1.807, 2.05) is 71.7 Å². The summed E-state index contributed by atoms with van der Waals surface area (Å²) in [6.45, 7) is 11.6. The van der Waals surface area contributed by atoms with Crippen LogP contribution in [0.15, 0.2) is 35.0 Å². The van der Waals surface area contributed by atoms with Crippen molar-refractivity contribution in [2.75, 3.05) is 11.9 Å². The number of aromatic nitrogens is 3. The van der Waals surface area contributed by atoms with Crippen LogP contribution < -0.4 is 4.90 Å². The molecule has 0 N–H and O–H groups in total. The maximum absolute atomic E-state index is 12.0. The average Bonchev–Trinajstić information content (AvgIpc) is 3.25. The molecule has 2 aromatic heterocycles. The number of carbonyl (C=O) groups excluding carboxylic acids is 1. The molecule has 2 heterocycles. The Morgan fingerprint density at radius 1 is 1.26 bits per heavy atom. The van der Waals surface area contributed by atoms with Gasteiger partial charge in [0.1, 0.15) is 17.5 Å². The molecule has 1 aromatic carbocycles. The molecule has 0 aliphatic carbocycles. The molecule has 0 amide bonds. The molecule has 3 aromatic rings. The van der Waals surface area contributed by atoms with Gasteiger partial charge in [-0.25, -0.2) is 4.98 Å². The minimum atomic E-state index is -0.485. The van der Waals surface area contributed by atoms with Gasteiger partial charge in [-0.05, 0) is 65.2 Å². The summed E-state index contributed by atoms with van der Waals surface area (Å²) in [5, 5.41) is 13.7. The van der Waals surface area contributed by atoms with Crippen molar-refractivity contribution >= 4 is 11.8 Å². The van der Waals surface area contributed by atoms with E-state index >= 15 is 0 Å². The fraction of sp³-hybridized carbons (Fsp3) is 0.423. The van der Waals surface area contributed by atoms with Gasteiger partial charge in [0.2, 0.25) is 5.82 Å². The molecule has 0 saturated heterocycles. The van der Waals surface area contributed by atoms with E-state index in [1.54, 1.807) is 12.3 Å². The minimum Gasteiger partial charge on any atom is -0.460 e. The number of esters is 1. The summed E-state index contributed by atoms with van der Waals surface area (Å²) in [6, 6.07) is 10.0. The van der Waals surface area contributed by atoms with E-state index in [-0.39, 0.29) is 12.0 Å². The second kappa shape index (κ2) is 10.0. The van der Waals surface area contributed by atoms with Crippen LogP contribution >= 0.6 is 0 Å². The lowest BCUT2D eigenvalue weighted by Gasteiger charge is -2.23. The van der Waals surface area contributed by atoms with E-state index in [9.17, 15) is 10.1 Å². The number of hydrogen-bond acceptors (Lipinski definition) is 8. The Labute approximate surface area is 200 Å². The highest BCUT2D eigenvalue weighted by atomic mass is 16.6. The monoisotopic (exact) mass is 461 g/mol.